The topological polar surface area (TPSA) is 58.1 Å². The van der Waals surface area contributed by atoms with Gasteiger partial charge in [-0.05, 0) is 60.7 Å². The second kappa shape index (κ2) is 7.17. The molecule has 5 nitrogen and oxygen atoms in total. The summed E-state index contributed by atoms with van der Waals surface area (Å²) in [7, 11) is 3.94. The highest BCUT2D eigenvalue weighted by Gasteiger charge is 2.09. The van der Waals surface area contributed by atoms with Crippen LogP contribution in [0, 0.1) is 0 Å². The number of nitrogens with zero attached hydrogens (tertiary/aromatic N) is 3. The molecule has 0 saturated carbocycles. The lowest BCUT2D eigenvalue weighted by molar-refractivity contribution is 0.102. The Kier molecular flexibility index (Phi) is 4.56. The van der Waals surface area contributed by atoms with Crippen LogP contribution < -0.4 is 10.2 Å². The number of thiazole rings is 1. The lowest BCUT2D eigenvalue weighted by Crippen LogP contribution is -2.13. The molecule has 0 aliphatic heterocycles. The molecule has 0 aliphatic rings. The van der Waals surface area contributed by atoms with E-state index in [0.717, 1.165) is 32.3 Å². The van der Waals surface area contributed by atoms with Gasteiger partial charge in [0.05, 0.1) is 0 Å². The van der Waals surface area contributed by atoms with Crippen LogP contribution in [0.5, 0.6) is 0 Å². The first-order chi connectivity index (χ1) is 13.1. The Bertz CT molecular complexity index is 1050. The van der Waals surface area contributed by atoms with Crippen LogP contribution in [0.25, 0.3) is 20.9 Å². The Morgan fingerprint density at radius 2 is 1.74 bits per heavy atom. The van der Waals surface area contributed by atoms with Crippen molar-refractivity contribution in [1.29, 1.82) is 0 Å². The van der Waals surface area contributed by atoms with Crippen LogP contribution in [0.15, 0.2) is 66.9 Å². The maximum Gasteiger partial charge on any atom is 0.255 e. The lowest BCUT2D eigenvalue weighted by Gasteiger charge is -2.12. The molecule has 0 spiro atoms. The molecule has 134 valence electrons. The molecule has 0 bridgehead atoms. The van der Waals surface area contributed by atoms with Gasteiger partial charge in [-0.1, -0.05) is 11.3 Å². The maximum absolute atomic E-state index is 12.4. The van der Waals surface area contributed by atoms with E-state index in [0.29, 0.717) is 5.56 Å². The lowest BCUT2D eigenvalue weighted by atomic mass is 10.1. The van der Waals surface area contributed by atoms with E-state index in [2.05, 4.69) is 15.3 Å². The number of carbonyl (C=O) groups is 1. The van der Waals surface area contributed by atoms with E-state index in [1.165, 1.54) is 0 Å². The SMILES string of the molecule is CN(C)c1ccc(C(=O)Nc2ccc(-c3nc4cccnc4s3)cc2)cc1. The highest BCUT2D eigenvalue weighted by molar-refractivity contribution is 7.21. The molecule has 0 radical (unpaired) electrons. The first-order valence-corrected chi connectivity index (χ1v) is 9.32. The van der Waals surface area contributed by atoms with Crippen molar-refractivity contribution in [3.63, 3.8) is 0 Å². The van der Waals surface area contributed by atoms with Gasteiger partial charge >= 0.3 is 0 Å². The van der Waals surface area contributed by atoms with Crippen molar-refractivity contribution >= 4 is 39.0 Å². The summed E-state index contributed by atoms with van der Waals surface area (Å²) >= 11 is 1.56. The Balaban J connectivity index is 1.49. The summed E-state index contributed by atoms with van der Waals surface area (Å²) in [6, 6.07) is 19.1. The number of hydrogen-bond acceptors (Lipinski definition) is 5. The van der Waals surface area contributed by atoms with Crippen molar-refractivity contribution in [3.05, 3.63) is 72.4 Å². The van der Waals surface area contributed by atoms with Crippen molar-refractivity contribution in [2.75, 3.05) is 24.3 Å². The number of hydrogen-bond donors (Lipinski definition) is 1. The van der Waals surface area contributed by atoms with E-state index in [-0.39, 0.29) is 5.91 Å². The zero-order valence-electron chi connectivity index (χ0n) is 15.0. The fraction of sp³-hybridized carbons (Fsp3) is 0.0952. The quantitative estimate of drug-likeness (QED) is 0.564. The Hall–Kier alpha value is -3.25. The molecule has 6 heteroatoms. The first kappa shape index (κ1) is 17.2. The number of benzene rings is 2. The zero-order valence-corrected chi connectivity index (χ0v) is 15.8. The number of anilines is 2. The van der Waals surface area contributed by atoms with Gasteiger partial charge < -0.3 is 10.2 Å². The molecule has 0 saturated heterocycles. The molecule has 0 unspecified atom stereocenters. The molecule has 0 atom stereocenters. The largest absolute Gasteiger partial charge is 0.378 e. The molecule has 4 rings (SSSR count). The van der Waals surface area contributed by atoms with Gasteiger partial charge in [-0.2, -0.15) is 0 Å². The third-order valence-electron chi connectivity index (χ3n) is 4.20. The number of fused-ring (bicyclic) bond motifs is 1. The third-order valence-corrected chi connectivity index (χ3v) is 5.23. The fourth-order valence-electron chi connectivity index (χ4n) is 2.70. The van der Waals surface area contributed by atoms with Gasteiger partial charge in [-0.3, -0.25) is 4.79 Å². The summed E-state index contributed by atoms with van der Waals surface area (Å²) in [5.41, 5.74) is 4.34. The zero-order chi connectivity index (χ0) is 18.8. The summed E-state index contributed by atoms with van der Waals surface area (Å²) < 4.78 is 0. The first-order valence-electron chi connectivity index (χ1n) is 8.51. The Morgan fingerprint density at radius 3 is 2.41 bits per heavy atom. The highest BCUT2D eigenvalue weighted by atomic mass is 32.1. The molecule has 0 aliphatic carbocycles. The average Bonchev–Trinajstić information content (AvgIpc) is 3.13. The van der Waals surface area contributed by atoms with Gasteiger partial charge in [-0.15, -0.1) is 0 Å². The second-order valence-electron chi connectivity index (χ2n) is 6.32. The summed E-state index contributed by atoms with van der Waals surface area (Å²) in [5, 5.41) is 3.85. The minimum atomic E-state index is -0.128. The van der Waals surface area contributed by atoms with Crippen molar-refractivity contribution < 1.29 is 4.79 Å². The molecular formula is C21H18N4OS. The van der Waals surface area contributed by atoms with E-state index in [9.17, 15) is 4.79 Å². The van der Waals surface area contributed by atoms with Gasteiger partial charge in [0.1, 0.15) is 15.4 Å². The maximum atomic E-state index is 12.4. The van der Waals surface area contributed by atoms with Crippen molar-refractivity contribution in [2.45, 2.75) is 0 Å². The minimum Gasteiger partial charge on any atom is -0.378 e. The van der Waals surface area contributed by atoms with Crippen LogP contribution in [0.1, 0.15) is 10.4 Å². The highest BCUT2D eigenvalue weighted by Crippen LogP contribution is 2.29. The van der Waals surface area contributed by atoms with Crippen LogP contribution in [0.3, 0.4) is 0 Å². The summed E-state index contributed by atoms with van der Waals surface area (Å²) in [4.78, 5) is 24.3. The average molecular weight is 374 g/mol. The molecule has 0 fully saturated rings. The Morgan fingerprint density at radius 1 is 1.00 bits per heavy atom. The van der Waals surface area contributed by atoms with Crippen LogP contribution in [-0.2, 0) is 0 Å². The third kappa shape index (κ3) is 3.66. The second-order valence-corrected chi connectivity index (χ2v) is 7.30. The van der Waals surface area contributed by atoms with Gasteiger partial charge in [0.15, 0.2) is 0 Å². The number of rotatable bonds is 4. The van der Waals surface area contributed by atoms with Gasteiger partial charge in [0.2, 0.25) is 0 Å². The van der Waals surface area contributed by atoms with E-state index >= 15 is 0 Å². The van der Waals surface area contributed by atoms with Gasteiger partial charge in [0, 0.05) is 42.8 Å². The normalized spacial score (nSPS) is 10.7. The molecule has 1 N–H and O–H groups in total. The molecule has 4 aromatic rings. The number of amides is 1. The van der Waals surface area contributed by atoms with Crippen LogP contribution >= 0.6 is 11.3 Å². The van der Waals surface area contributed by atoms with E-state index in [4.69, 9.17) is 0 Å². The molecular weight excluding hydrogens is 356 g/mol. The number of nitrogens with one attached hydrogen (secondary N) is 1. The van der Waals surface area contributed by atoms with Crippen molar-refractivity contribution in [2.24, 2.45) is 0 Å². The molecule has 2 aromatic carbocycles. The molecule has 2 aromatic heterocycles. The van der Waals surface area contributed by atoms with Gasteiger partial charge in [0.25, 0.3) is 5.91 Å². The van der Waals surface area contributed by atoms with E-state index in [1.807, 2.05) is 79.7 Å². The number of pyridine rings is 1. The van der Waals surface area contributed by atoms with E-state index in [1.54, 1.807) is 17.5 Å². The minimum absolute atomic E-state index is 0.128. The van der Waals surface area contributed by atoms with Gasteiger partial charge in [-0.25, -0.2) is 9.97 Å². The predicted octanol–water partition coefficient (Wildman–Crippen LogP) is 4.68. The van der Waals surface area contributed by atoms with Crippen molar-refractivity contribution in [3.8, 4) is 10.6 Å². The molecule has 1 amide bonds. The number of carbonyl (C=O) groups excluding carboxylic acids is 1. The van der Waals surface area contributed by atoms with Crippen molar-refractivity contribution in [1.82, 2.24) is 9.97 Å². The van der Waals surface area contributed by atoms with Crippen LogP contribution in [0.2, 0.25) is 0 Å². The number of aromatic nitrogens is 2. The van der Waals surface area contributed by atoms with Crippen LogP contribution in [0.4, 0.5) is 11.4 Å². The fourth-order valence-corrected chi connectivity index (χ4v) is 3.62. The standard InChI is InChI=1S/C21H18N4OS/c1-25(2)17-11-7-14(8-12-17)19(26)23-16-9-5-15(6-10-16)20-24-18-4-3-13-22-21(18)27-20/h3-13H,1-2H3,(H,23,26). The Labute approximate surface area is 161 Å². The molecule has 2 heterocycles. The molecule has 27 heavy (non-hydrogen) atoms. The smallest absolute Gasteiger partial charge is 0.255 e. The summed E-state index contributed by atoms with van der Waals surface area (Å²) in [5.74, 6) is -0.128. The summed E-state index contributed by atoms with van der Waals surface area (Å²) in [6.07, 6.45) is 1.77. The summed E-state index contributed by atoms with van der Waals surface area (Å²) in [6.45, 7) is 0. The van der Waals surface area contributed by atoms with E-state index < -0.39 is 0 Å². The predicted molar refractivity (Wildman–Crippen MR) is 112 cm³/mol. The monoisotopic (exact) mass is 374 g/mol. The van der Waals surface area contributed by atoms with Crippen LogP contribution in [-0.4, -0.2) is 30.0 Å².